The molecule has 7 nitrogen and oxygen atoms in total. The van der Waals surface area contributed by atoms with Gasteiger partial charge in [-0.3, -0.25) is 14.3 Å². The molecule has 0 saturated carbocycles. The van der Waals surface area contributed by atoms with Crippen molar-refractivity contribution in [1.29, 1.82) is 0 Å². The lowest BCUT2D eigenvalue weighted by molar-refractivity contribution is 0.483. The summed E-state index contributed by atoms with van der Waals surface area (Å²) in [5.74, 6) is 0. The molecule has 108 valence electrons. The number of hydrogen-bond acceptors (Lipinski definition) is 4. The standard InChI is InChI=1S/C12H14N2O5S/c1-12(2,3)6-4-7-9(8(5-6)20(17,18)19)13-11(16)14-10(7)15/h4-5H,1-3H3,(H,17,18,19)(H2,13,14,15,16). The predicted octanol–water partition coefficient (Wildman–Crippen LogP) is 0.761. The van der Waals surface area contributed by atoms with Crippen LogP contribution in [0.3, 0.4) is 0 Å². The SMILES string of the molecule is CC(C)(C)c1cc(S(=O)(=O)O)c2[nH]c(=O)[nH]c(=O)c2c1. The van der Waals surface area contributed by atoms with E-state index in [1.54, 1.807) is 0 Å². The quantitative estimate of drug-likeness (QED) is 0.671. The molecule has 0 radical (unpaired) electrons. The van der Waals surface area contributed by atoms with E-state index < -0.39 is 31.7 Å². The number of rotatable bonds is 1. The van der Waals surface area contributed by atoms with Gasteiger partial charge in [0.25, 0.3) is 15.7 Å². The van der Waals surface area contributed by atoms with Crippen molar-refractivity contribution in [3.05, 3.63) is 38.5 Å². The second-order valence-electron chi connectivity index (χ2n) is 5.53. The normalized spacial score (nSPS) is 12.8. The molecular formula is C12H14N2O5S. The first-order chi connectivity index (χ1) is 9.00. The molecule has 2 aromatic rings. The van der Waals surface area contributed by atoms with E-state index in [-0.39, 0.29) is 10.9 Å². The summed E-state index contributed by atoms with van der Waals surface area (Å²) < 4.78 is 32.2. The molecule has 0 spiro atoms. The molecule has 1 aromatic heterocycles. The highest BCUT2D eigenvalue weighted by Gasteiger charge is 2.22. The van der Waals surface area contributed by atoms with E-state index in [9.17, 15) is 22.6 Å². The average Bonchev–Trinajstić information content (AvgIpc) is 2.24. The van der Waals surface area contributed by atoms with E-state index in [1.165, 1.54) is 12.1 Å². The molecule has 0 amide bonds. The third-order valence-corrected chi connectivity index (χ3v) is 3.83. The fourth-order valence-electron chi connectivity index (χ4n) is 1.88. The van der Waals surface area contributed by atoms with Gasteiger partial charge in [0.2, 0.25) is 0 Å². The Morgan fingerprint density at radius 2 is 1.70 bits per heavy atom. The van der Waals surface area contributed by atoms with Crippen molar-refractivity contribution in [2.75, 3.05) is 0 Å². The van der Waals surface area contributed by atoms with Gasteiger partial charge in [-0.05, 0) is 23.1 Å². The van der Waals surface area contributed by atoms with Gasteiger partial charge in [-0.1, -0.05) is 20.8 Å². The zero-order valence-electron chi connectivity index (χ0n) is 11.1. The minimum atomic E-state index is -4.57. The molecule has 20 heavy (non-hydrogen) atoms. The van der Waals surface area contributed by atoms with Gasteiger partial charge in [-0.15, -0.1) is 0 Å². The van der Waals surface area contributed by atoms with Crippen LogP contribution >= 0.6 is 0 Å². The Morgan fingerprint density at radius 1 is 1.10 bits per heavy atom. The Morgan fingerprint density at radius 3 is 2.20 bits per heavy atom. The first kappa shape index (κ1) is 14.5. The lowest BCUT2D eigenvalue weighted by Crippen LogP contribution is -2.24. The summed E-state index contributed by atoms with van der Waals surface area (Å²) in [5.41, 5.74) is -1.63. The van der Waals surface area contributed by atoms with Crippen molar-refractivity contribution in [2.45, 2.75) is 31.1 Å². The zero-order chi connectivity index (χ0) is 15.3. The molecule has 0 bridgehead atoms. The maximum Gasteiger partial charge on any atom is 0.326 e. The summed E-state index contributed by atoms with van der Waals surface area (Å²) in [6, 6.07) is 2.76. The van der Waals surface area contributed by atoms with Crippen LogP contribution in [0.2, 0.25) is 0 Å². The molecule has 0 aliphatic carbocycles. The highest BCUT2D eigenvalue weighted by Crippen LogP contribution is 2.28. The summed E-state index contributed by atoms with van der Waals surface area (Å²) in [6.45, 7) is 5.51. The van der Waals surface area contributed by atoms with Crippen molar-refractivity contribution in [3.8, 4) is 0 Å². The highest BCUT2D eigenvalue weighted by atomic mass is 32.2. The third kappa shape index (κ3) is 2.52. The molecule has 1 aromatic carbocycles. The van der Waals surface area contributed by atoms with Crippen LogP contribution in [0.15, 0.2) is 26.6 Å². The molecule has 2 rings (SSSR count). The van der Waals surface area contributed by atoms with Crippen LogP contribution in [0.1, 0.15) is 26.3 Å². The summed E-state index contributed by atoms with van der Waals surface area (Å²) >= 11 is 0. The fourth-order valence-corrected chi connectivity index (χ4v) is 2.57. The number of aromatic nitrogens is 2. The monoisotopic (exact) mass is 298 g/mol. The Labute approximate surface area is 114 Å². The van der Waals surface area contributed by atoms with Crippen LogP contribution < -0.4 is 11.2 Å². The first-order valence-electron chi connectivity index (χ1n) is 5.78. The van der Waals surface area contributed by atoms with Gasteiger partial charge in [-0.2, -0.15) is 8.42 Å². The Balaban J connectivity index is 3.10. The van der Waals surface area contributed by atoms with Crippen molar-refractivity contribution in [1.82, 2.24) is 9.97 Å². The van der Waals surface area contributed by atoms with Crippen LogP contribution in [0.5, 0.6) is 0 Å². The van der Waals surface area contributed by atoms with Crippen LogP contribution in [0.4, 0.5) is 0 Å². The number of H-pyrrole nitrogens is 2. The summed E-state index contributed by atoms with van der Waals surface area (Å²) in [4.78, 5) is 26.9. The largest absolute Gasteiger partial charge is 0.326 e. The topological polar surface area (TPSA) is 120 Å². The van der Waals surface area contributed by atoms with Crippen molar-refractivity contribution in [2.24, 2.45) is 0 Å². The predicted molar refractivity (Wildman–Crippen MR) is 73.7 cm³/mol. The van der Waals surface area contributed by atoms with Gasteiger partial charge in [0, 0.05) is 0 Å². The molecule has 0 atom stereocenters. The first-order valence-corrected chi connectivity index (χ1v) is 7.22. The van der Waals surface area contributed by atoms with Gasteiger partial charge in [0.1, 0.15) is 4.90 Å². The summed E-state index contributed by atoms with van der Waals surface area (Å²) in [6.07, 6.45) is 0. The van der Waals surface area contributed by atoms with E-state index >= 15 is 0 Å². The number of aromatic amines is 2. The van der Waals surface area contributed by atoms with E-state index in [0.29, 0.717) is 5.56 Å². The van der Waals surface area contributed by atoms with Crippen LogP contribution in [-0.4, -0.2) is 22.9 Å². The molecule has 8 heteroatoms. The van der Waals surface area contributed by atoms with E-state index in [4.69, 9.17) is 0 Å². The number of hydrogen-bond donors (Lipinski definition) is 3. The highest BCUT2D eigenvalue weighted by molar-refractivity contribution is 7.86. The maximum absolute atomic E-state index is 11.8. The Bertz CT molecular complexity index is 900. The maximum atomic E-state index is 11.8. The molecule has 0 fully saturated rings. The van der Waals surface area contributed by atoms with Crippen molar-refractivity contribution in [3.63, 3.8) is 0 Å². The van der Waals surface area contributed by atoms with Gasteiger partial charge >= 0.3 is 5.69 Å². The zero-order valence-corrected chi connectivity index (χ0v) is 12.0. The van der Waals surface area contributed by atoms with Gasteiger partial charge < -0.3 is 4.98 Å². The Kier molecular flexibility index (Phi) is 3.10. The lowest BCUT2D eigenvalue weighted by atomic mass is 9.86. The molecule has 0 unspecified atom stereocenters. The number of benzene rings is 1. The molecular weight excluding hydrogens is 284 g/mol. The summed E-state index contributed by atoms with van der Waals surface area (Å²) in [7, 11) is -4.57. The van der Waals surface area contributed by atoms with Crippen LogP contribution in [0.25, 0.3) is 10.9 Å². The second kappa shape index (κ2) is 4.29. The average molecular weight is 298 g/mol. The fraction of sp³-hybridized carbons (Fsp3) is 0.333. The van der Waals surface area contributed by atoms with Crippen LogP contribution in [-0.2, 0) is 15.5 Å². The smallest absolute Gasteiger partial charge is 0.305 e. The van der Waals surface area contributed by atoms with Crippen molar-refractivity contribution < 1.29 is 13.0 Å². The van der Waals surface area contributed by atoms with Gasteiger partial charge in [0.05, 0.1) is 10.9 Å². The molecule has 3 N–H and O–H groups in total. The minimum absolute atomic E-state index is 0.00431. The lowest BCUT2D eigenvalue weighted by Gasteiger charge is -2.20. The van der Waals surface area contributed by atoms with E-state index in [1.807, 2.05) is 25.8 Å². The van der Waals surface area contributed by atoms with Crippen LogP contribution in [0, 0.1) is 0 Å². The van der Waals surface area contributed by atoms with E-state index in [2.05, 4.69) is 4.98 Å². The number of fused-ring (bicyclic) bond motifs is 1. The Hall–Kier alpha value is -1.93. The minimum Gasteiger partial charge on any atom is -0.305 e. The molecule has 0 aliphatic rings. The molecule has 0 aliphatic heterocycles. The van der Waals surface area contributed by atoms with Gasteiger partial charge in [-0.25, -0.2) is 4.79 Å². The van der Waals surface area contributed by atoms with E-state index in [0.717, 1.165) is 0 Å². The number of nitrogens with one attached hydrogen (secondary N) is 2. The second-order valence-corrected chi connectivity index (χ2v) is 6.92. The molecule has 0 saturated heterocycles. The van der Waals surface area contributed by atoms with Crippen molar-refractivity contribution >= 4 is 21.0 Å². The third-order valence-electron chi connectivity index (χ3n) is 2.96. The van der Waals surface area contributed by atoms with Gasteiger partial charge in [0.15, 0.2) is 0 Å². The summed E-state index contributed by atoms with van der Waals surface area (Å²) in [5, 5.41) is 0.00431. The molecule has 1 heterocycles.